The van der Waals surface area contributed by atoms with Crippen LogP contribution in [0.15, 0.2) is 42.7 Å². The molecule has 100 valence electrons. The van der Waals surface area contributed by atoms with Gasteiger partial charge in [0.05, 0.1) is 0 Å². The van der Waals surface area contributed by atoms with Crippen molar-refractivity contribution in [3.8, 4) is 0 Å². The molecule has 0 spiro atoms. The summed E-state index contributed by atoms with van der Waals surface area (Å²) < 4.78 is 0. The highest BCUT2D eigenvalue weighted by Crippen LogP contribution is 2.45. The van der Waals surface area contributed by atoms with Gasteiger partial charge >= 0.3 is 5.97 Å². The van der Waals surface area contributed by atoms with E-state index in [1.165, 1.54) is 0 Å². The molecule has 0 radical (unpaired) electrons. The number of carboxylic acid groups (broad SMARTS) is 1. The molecule has 1 aromatic heterocycles. The molecule has 1 atom stereocenters. The number of carbonyl (C=O) groups is 1. The van der Waals surface area contributed by atoms with Gasteiger partial charge in [-0.3, -0.25) is 4.79 Å². The van der Waals surface area contributed by atoms with Gasteiger partial charge in [-0.25, -0.2) is 4.98 Å². The Balaban J connectivity index is 2.79. The fourth-order valence-electron chi connectivity index (χ4n) is 2.63. The number of carboxylic acids is 1. The van der Waals surface area contributed by atoms with E-state index in [2.05, 4.69) is 9.97 Å². The number of nitrogens with one attached hydrogen (secondary N) is 1. The average Bonchev–Trinajstić information content (AvgIpc) is 2.83. The van der Waals surface area contributed by atoms with Crippen molar-refractivity contribution in [3.63, 3.8) is 0 Å². The predicted molar refractivity (Wildman–Crippen MR) is 72.9 cm³/mol. The monoisotopic (exact) mass is 258 g/mol. The molecule has 0 aliphatic heterocycles. The number of benzene rings is 1. The first kappa shape index (κ1) is 13.3. The van der Waals surface area contributed by atoms with E-state index in [0.29, 0.717) is 5.82 Å². The highest BCUT2D eigenvalue weighted by Gasteiger charge is 2.53. The van der Waals surface area contributed by atoms with Crippen LogP contribution in [0.2, 0.25) is 0 Å². The van der Waals surface area contributed by atoms with Gasteiger partial charge in [0.25, 0.3) is 0 Å². The van der Waals surface area contributed by atoms with E-state index in [9.17, 15) is 9.90 Å². The van der Waals surface area contributed by atoms with E-state index in [1.54, 1.807) is 12.4 Å². The molecule has 19 heavy (non-hydrogen) atoms. The summed E-state index contributed by atoms with van der Waals surface area (Å²) >= 11 is 0. The smallest absolute Gasteiger partial charge is 0.322 e. The normalized spacial score (nSPS) is 14.9. The van der Waals surface area contributed by atoms with Gasteiger partial charge in [0.1, 0.15) is 5.82 Å². The molecule has 1 unspecified atom stereocenters. The van der Waals surface area contributed by atoms with E-state index in [4.69, 9.17) is 0 Å². The van der Waals surface area contributed by atoms with Gasteiger partial charge in [-0.05, 0) is 11.0 Å². The van der Waals surface area contributed by atoms with Crippen LogP contribution >= 0.6 is 0 Å². The number of nitrogens with zero attached hydrogens (tertiary/aromatic N) is 1. The molecule has 1 heterocycles. The summed E-state index contributed by atoms with van der Waals surface area (Å²) in [7, 11) is 0. The zero-order chi connectivity index (χ0) is 14.1. The molecule has 2 N–H and O–H groups in total. The van der Waals surface area contributed by atoms with E-state index in [-0.39, 0.29) is 0 Å². The zero-order valence-electron chi connectivity index (χ0n) is 11.3. The Labute approximate surface area is 112 Å². The second kappa shape index (κ2) is 4.53. The molecular formula is C15H18N2O2. The van der Waals surface area contributed by atoms with Crippen LogP contribution in [0.1, 0.15) is 32.2 Å². The van der Waals surface area contributed by atoms with Crippen LogP contribution in [0, 0.1) is 5.41 Å². The molecule has 0 aliphatic rings. The lowest BCUT2D eigenvalue weighted by Gasteiger charge is -2.40. The third kappa shape index (κ3) is 1.93. The van der Waals surface area contributed by atoms with Crippen molar-refractivity contribution in [3.05, 3.63) is 54.1 Å². The van der Waals surface area contributed by atoms with Crippen molar-refractivity contribution >= 4 is 5.97 Å². The quantitative estimate of drug-likeness (QED) is 0.889. The van der Waals surface area contributed by atoms with Crippen molar-refractivity contribution in [2.24, 2.45) is 5.41 Å². The van der Waals surface area contributed by atoms with E-state index < -0.39 is 16.8 Å². The minimum Gasteiger partial charge on any atom is -0.480 e. The van der Waals surface area contributed by atoms with Crippen LogP contribution in [0.5, 0.6) is 0 Å². The maximum Gasteiger partial charge on any atom is 0.322 e. The number of rotatable bonds is 3. The Kier molecular flexibility index (Phi) is 3.18. The van der Waals surface area contributed by atoms with E-state index in [0.717, 1.165) is 5.56 Å². The fraction of sp³-hybridized carbons (Fsp3) is 0.333. The minimum absolute atomic E-state index is 0.457. The summed E-state index contributed by atoms with van der Waals surface area (Å²) in [6, 6.07) is 9.24. The first-order chi connectivity index (χ1) is 8.90. The summed E-state index contributed by atoms with van der Waals surface area (Å²) in [4.78, 5) is 19.3. The van der Waals surface area contributed by atoms with Crippen LogP contribution in [-0.2, 0) is 10.2 Å². The van der Waals surface area contributed by atoms with E-state index >= 15 is 0 Å². The number of hydrogen-bond acceptors (Lipinski definition) is 2. The van der Waals surface area contributed by atoms with Crippen LogP contribution in [0.25, 0.3) is 0 Å². The first-order valence-electron chi connectivity index (χ1n) is 6.19. The summed E-state index contributed by atoms with van der Waals surface area (Å²) in [5, 5.41) is 9.92. The molecule has 1 aromatic carbocycles. The van der Waals surface area contributed by atoms with Gasteiger partial charge in [-0.15, -0.1) is 0 Å². The maximum absolute atomic E-state index is 12.1. The number of aromatic nitrogens is 2. The molecule has 0 saturated heterocycles. The highest BCUT2D eigenvalue weighted by atomic mass is 16.4. The molecule has 4 nitrogen and oxygen atoms in total. The first-order valence-corrected chi connectivity index (χ1v) is 6.19. The SMILES string of the molecule is CC(C)(C)C(C(=O)O)(c1ccccc1)c1ncc[nH]1. The zero-order valence-corrected chi connectivity index (χ0v) is 11.3. The van der Waals surface area contributed by atoms with Gasteiger partial charge in [-0.2, -0.15) is 0 Å². The molecule has 0 fully saturated rings. The van der Waals surface area contributed by atoms with Crippen molar-refractivity contribution in [1.82, 2.24) is 9.97 Å². The molecule has 0 aliphatic carbocycles. The number of aromatic amines is 1. The standard InChI is InChI=1S/C15H18N2O2/c1-14(2,3)15(13(18)19,12-16-9-10-17-12)11-7-5-4-6-8-11/h4-10H,1-3H3,(H,16,17)(H,18,19). The van der Waals surface area contributed by atoms with Crippen molar-refractivity contribution < 1.29 is 9.90 Å². The van der Waals surface area contributed by atoms with Crippen LogP contribution in [-0.4, -0.2) is 21.0 Å². The summed E-state index contributed by atoms with van der Waals surface area (Å²) in [5.41, 5.74) is -1.000. The van der Waals surface area contributed by atoms with Gasteiger partial charge in [-0.1, -0.05) is 51.1 Å². The lowest BCUT2D eigenvalue weighted by molar-refractivity contribution is -0.146. The summed E-state index contributed by atoms with van der Waals surface area (Å²) in [6.45, 7) is 5.74. The minimum atomic E-state index is -1.20. The van der Waals surface area contributed by atoms with Crippen LogP contribution in [0.4, 0.5) is 0 Å². The second-order valence-electron chi connectivity index (χ2n) is 5.61. The fourth-order valence-corrected chi connectivity index (χ4v) is 2.63. The predicted octanol–water partition coefficient (Wildman–Crippen LogP) is 2.83. The lowest BCUT2D eigenvalue weighted by Crippen LogP contribution is -2.49. The van der Waals surface area contributed by atoms with Gasteiger partial charge in [0.15, 0.2) is 5.41 Å². The third-order valence-electron chi connectivity index (χ3n) is 3.51. The number of hydrogen-bond donors (Lipinski definition) is 2. The number of imidazole rings is 1. The van der Waals surface area contributed by atoms with Crippen LogP contribution in [0.3, 0.4) is 0 Å². The highest BCUT2D eigenvalue weighted by molar-refractivity contribution is 5.86. The Bertz CT molecular complexity index is 556. The molecule has 2 aromatic rings. The second-order valence-corrected chi connectivity index (χ2v) is 5.61. The molecular weight excluding hydrogens is 240 g/mol. The summed E-state index contributed by atoms with van der Waals surface area (Å²) in [5.74, 6) is -0.445. The summed E-state index contributed by atoms with van der Waals surface area (Å²) in [6.07, 6.45) is 3.24. The molecule has 0 bridgehead atoms. The molecule has 4 heteroatoms. The van der Waals surface area contributed by atoms with Gasteiger partial charge in [0, 0.05) is 12.4 Å². The maximum atomic E-state index is 12.1. The molecule has 2 rings (SSSR count). The van der Waals surface area contributed by atoms with Crippen molar-refractivity contribution in [2.45, 2.75) is 26.2 Å². The Morgan fingerprint density at radius 1 is 1.21 bits per heavy atom. The average molecular weight is 258 g/mol. The van der Waals surface area contributed by atoms with Gasteiger partial charge < -0.3 is 10.1 Å². The van der Waals surface area contributed by atoms with Crippen molar-refractivity contribution in [1.29, 1.82) is 0 Å². The molecule has 0 saturated carbocycles. The number of aliphatic carboxylic acids is 1. The van der Waals surface area contributed by atoms with E-state index in [1.807, 2.05) is 51.1 Å². The Morgan fingerprint density at radius 2 is 1.84 bits per heavy atom. The molecule has 0 amide bonds. The third-order valence-corrected chi connectivity index (χ3v) is 3.51. The topological polar surface area (TPSA) is 66.0 Å². The Morgan fingerprint density at radius 3 is 2.26 bits per heavy atom. The van der Waals surface area contributed by atoms with Crippen LogP contribution < -0.4 is 0 Å². The Hall–Kier alpha value is -2.10. The lowest BCUT2D eigenvalue weighted by atomic mass is 9.62. The number of H-pyrrole nitrogens is 1. The largest absolute Gasteiger partial charge is 0.480 e. The van der Waals surface area contributed by atoms with Gasteiger partial charge in [0.2, 0.25) is 0 Å². The van der Waals surface area contributed by atoms with Crippen molar-refractivity contribution in [2.75, 3.05) is 0 Å².